The number of aromatic amines is 1. The third-order valence-electron chi connectivity index (χ3n) is 4.26. The highest BCUT2D eigenvalue weighted by Gasteiger charge is 2.19. The minimum Gasteiger partial charge on any atom is -0.321 e. The fourth-order valence-corrected chi connectivity index (χ4v) is 3.82. The number of halogens is 1. The number of unbranched alkanes of at least 4 members (excludes halogenated alkanes) is 1. The molecule has 0 saturated heterocycles. The third kappa shape index (κ3) is 4.14. The molecule has 0 aliphatic heterocycles. The second-order valence-electron chi connectivity index (χ2n) is 6.33. The van der Waals surface area contributed by atoms with Crippen molar-refractivity contribution in [3.63, 3.8) is 0 Å². The van der Waals surface area contributed by atoms with Crippen LogP contribution in [0.3, 0.4) is 0 Å². The second kappa shape index (κ2) is 8.10. The molecule has 142 valence electrons. The lowest BCUT2D eigenvalue weighted by Crippen LogP contribution is -2.17. The molecule has 0 radical (unpaired) electrons. The highest BCUT2D eigenvalue weighted by atomic mass is 35.5. The summed E-state index contributed by atoms with van der Waals surface area (Å²) >= 11 is 7.05. The number of nitrogens with zero attached hydrogens (tertiary/aromatic N) is 2. The largest absolute Gasteiger partial charge is 0.321 e. The van der Waals surface area contributed by atoms with Gasteiger partial charge in [0.1, 0.15) is 4.88 Å². The van der Waals surface area contributed by atoms with Gasteiger partial charge in [-0.05, 0) is 51.0 Å². The van der Waals surface area contributed by atoms with Crippen molar-refractivity contribution in [1.29, 1.82) is 0 Å². The zero-order valence-electron chi connectivity index (χ0n) is 15.4. The van der Waals surface area contributed by atoms with E-state index in [9.17, 15) is 9.59 Å². The first-order valence-corrected chi connectivity index (χ1v) is 9.95. The number of rotatable bonds is 6. The molecular formula is C19H21ClN4O2S. The summed E-state index contributed by atoms with van der Waals surface area (Å²) in [5.41, 5.74) is 2.74. The van der Waals surface area contributed by atoms with Crippen LogP contribution in [0, 0.1) is 13.8 Å². The number of carbonyl (C=O) groups is 1. The number of thiazole rings is 1. The second-order valence-corrected chi connectivity index (χ2v) is 7.75. The number of hydrogen-bond donors (Lipinski definition) is 2. The summed E-state index contributed by atoms with van der Waals surface area (Å²) in [6, 6.07) is 6.88. The van der Waals surface area contributed by atoms with Crippen molar-refractivity contribution in [3.8, 4) is 5.13 Å². The van der Waals surface area contributed by atoms with Gasteiger partial charge >= 0.3 is 0 Å². The van der Waals surface area contributed by atoms with Gasteiger partial charge in [-0.1, -0.05) is 36.3 Å². The molecule has 2 heterocycles. The topological polar surface area (TPSA) is 79.8 Å². The van der Waals surface area contributed by atoms with Crippen LogP contribution in [0.1, 0.15) is 46.4 Å². The van der Waals surface area contributed by atoms with Gasteiger partial charge in [0.2, 0.25) is 5.13 Å². The zero-order chi connectivity index (χ0) is 19.6. The van der Waals surface area contributed by atoms with E-state index in [1.54, 1.807) is 31.2 Å². The van der Waals surface area contributed by atoms with Gasteiger partial charge < -0.3 is 5.32 Å². The summed E-state index contributed by atoms with van der Waals surface area (Å²) in [5.74, 6) is -0.263. The summed E-state index contributed by atoms with van der Waals surface area (Å²) in [7, 11) is 0. The van der Waals surface area contributed by atoms with Gasteiger partial charge in [0.25, 0.3) is 11.5 Å². The molecule has 3 rings (SSSR count). The van der Waals surface area contributed by atoms with Crippen LogP contribution in [0.5, 0.6) is 0 Å². The molecule has 0 atom stereocenters. The van der Waals surface area contributed by atoms with E-state index < -0.39 is 0 Å². The third-order valence-corrected chi connectivity index (χ3v) is 5.65. The summed E-state index contributed by atoms with van der Waals surface area (Å²) in [5, 5.41) is 6.97. The monoisotopic (exact) mass is 404 g/mol. The zero-order valence-corrected chi connectivity index (χ0v) is 17.0. The number of anilines is 1. The first kappa shape index (κ1) is 19.4. The number of aryl methyl sites for hydroxylation is 2. The summed E-state index contributed by atoms with van der Waals surface area (Å²) < 4.78 is 1.43. The van der Waals surface area contributed by atoms with Gasteiger partial charge in [-0.25, -0.2) is 4.98 Å². The van der Waals surface area contributed by atoms with Crippen LogP contribution in [-0.2, 0) is 6.42 Å². The van der Waals surface area contributed by atoms with E-state index >= 15 is 0 Å². The average molecular weight is 405 g/mol. The Hall–Kier alpha value is -2.38. The smallest absolute Gasteiger partial charge is 0.276 e. The predicted octanol–water partition coefficient (Wildman–Crippen LogP) is 4.49. The Labute approximate surface area is 166 Å². The van der Waals surface area contributed by atoms with E-state index in [0.717, 1.165) is 30.5 Å². The fourth-order valence-electron chi connectivity index (χ4n) is 2.77. The van der Waals surface area contributed by atoms with Crippen molar-refractivity contribution in [1.82, 2.24) is 14.8 Å². The molecule has 0 spiro atoms. The SMILES string of the molecule is CCCCc1c(C)[nH]n(-c2nc(C)c(C(=O)Nc3ccc(Cl)cc3)s2)c1=O. The number of benzene rings is 1. The summed E-state index contributed by atoms with van der Waals surface area (Å²) in [6.07, 6.45) is 2.72. The van der Waals surface area contributed by atoms with Gasteiger partial charge in [-0.2, -0.15) is 4.68 Å². The molecule has 3 aromatic rings. The molecule has 6 nitrogen and oxygen atoms in total. The van der Waals surface area contributed by atoms with Crippen LogP contribution < -0.4 is 10.9 Å². The van der Waals surface area contributed by atoms with Crippen molar-refractivity contribution in [2.75, 3.05) is 5.32 Å². The molecule has 0 saturated carbocycles. The minimum atomic E-state index is -0.263. The maximum absolute atomic E-state index is 12.7. The molecule has 2 N–H and O–H groups in total. The lowest BCUT2D eigenvalue weighted by molar-refractivity contribution is 0.103. The van der Waals surface area contributed by atoms with Gasteiger partial charge in [0.05, 0.1) is 5.69 Å². The van der Waals surface area contributed by atoms with Crippen molar-refractivity contribution in [3.05, 3.63) is 61.5 Å². The lowest BCUT2D eigenvalue weighted by atomic mass is 10.1. The number of hydrogen-bond acceptors (Lipinski definition) is 4. The fraction of sp³-hybridized carbons (Fsp3) is 0.316. The number of H-pyrrole nitrogens is 1. The van der Waals surface area contributed by atoms with E-state index in [1.165, 1.54) is 16.0 Å². The van der Waals surface area contributed by atoms with Crippen molar-refractivity contribution >= 4 is 34.5 Å². The molecule has 27 heavy (non-hydrogen) atoms. The van der Waals surface area contributed by atoms with Crippen molar-refractivity contribution < 1.29 is 4.79 Å². The average Bonchev–Trinajstić information content (AvgIpc) is 3.15. The first-order valence-electron chi connectivity index (χ1n) is 8.76. The molecule has 0 aliphatic rings. The van der Waals surface area contributed by atoms with E-state index in [4.69, 9.17) is 11.6 Å². The standard InChI is InChI=1S/C19H21ClN4O2S/c1-4-5-6-15-11(2)23-24(18(15)26)19-21-12(3)16(27-19)17(25)22-14-9-7-13(20)8-10-14/h7-10,23H,4-6H2,1-3H3,(H,22,25). The quantitative estimate of drug-likeness (QED) is 0.635. The Morgan fingerprint density at radius 2 is 2.00 bits per heavy atom. The van der Waals surface area contributed by atoms with Crippen LogP contribution in [0.25, 0.3) is 5.13 Å². The highest BCUT2D eigenvalue weighted by molar-refractivity contribution is 7.16. The van der Waals surface area contributed by atoms with Crippen LogP contribution in [0.15, 0.2) is 29.1 Å². The van der Waals surface area contributed by atoms with Gasteiger partial charge in [0, 0.05) is 22.0 Å². The minimum absolute atomic E-state index is 0.0978. The normalized spacial score (nSPS) is 11.0. The van der Waals surface area contributed by atoms with Gasteiger partial charge in [-0.15, -0.1) is 0 Å². The Kier molecular flexibility index (Phi) is 5.82. The number of carbonyl (C=O) groups excluding carboxylic acids is 1. The molecule has 8 heteroatoms. The highest BCUT2D eigenvalue weighted by Crippen LogP contribution is 2.23. The summed E-state index contributed by atoms with van der Waals surface area (Å²) in [6.45, 7) is 5.74. The van der Waals surface area contributed by atoms with E-state index in [2.05, 4.69) is 22.3 Å². The maximum atomic E-state index is 12.7. The first-order chi connectivity index (χ1) is 12.9. The molecule has 0 aliphatic carbocycles. The molecular weight excluding hydrogens is 384 g/mol. The predicted molar refractivity (Wildman–Crippen MR) is 110 cm³/mol. The molecule has 0 unspecified atom stereocenters. The van der Waals surface area contributed by atoms with Crippen LogP contribution in [0.2, 0.25) is 5.02 Å². The van der Waals surface area contributed by atoms with Crippen molar-refractivity contribution in [2.24, 2.45) is 0 Å². The number of amides is 1. The number of aromatic nitrogens is 3. The summed E-state index contributed by atoms with van der Waals surface area (Å²) in [4.78, 5) is 30.2. The van der Waals surface area contributed by atoms with E-state index in [1.807, 2.05) is 6.92 Å². The van der Waals surface area contributed by atoms with Crippen LogP contribution in [0.4, 0.5) is 5.69 Å². The Morgan fingerprint density at radius 1 is 1.30 bits per heavy atom. The molecule has 0 bridgehead atoms. The van der Waals surface area contributed by atoms with Crippen molar-refractivity contribution in [2.45, 2.75) is 40.0 Å². The van der Waals surface area contributed by atoms with E-state index in [0.29, 0.717) is 26.4 Å². The molecule has 1 aromatic carbocycles. The lowest BCUT2D eigenvalue weighted by Gasteiger charge is -2.03. The van der Waals surface area contributed by atoms with Crippen LogP contribution >= 0.6 is 22.9 Å². The Balaban J connectivity index is 1.87. The van der Waals surface area contributed by atoms with Crippen LogP contribution in [-0.4, -0.2) is 20.7 Å². The molecule has 2 aromatic heterocycles. The molecule has 0 fully saturated rings. The van der Waals surface area contributed by atoms with Gasteiger partial charge in [0.15, 0.2) is 0 Å². The molecule has 1 amide bonds. The Morgan fingerprint density at radius 3 is 2.67 bits per heavy atom. The number of nitrogens with one attached hydrogen (secondary N) is 2. The van der Waals surface area contributed by atoms with E-state index in [-0.39, 0.29) is 11.5 Å². The van der Waals surface area contributed by atoms with Gasteiger partial charge in [-0.3, -0.25) is 14.7 Å². The Bertz CT molecular complexity index is 1020. The maximum Gasteiger partial charge on any atom is 0.276 e.